The number of rotatable bonds is 1. The molecule has 0 aliphatic carbocycles. The van der Waals surface area contributed by atoms with E-state index in [2.05, 4.69) is 17.0 Å². The lowest BCUT2D eigenvalue weighted by molar-refractivity contribution is 0.949. The zero-order valence-electron chi connectivity index (χ0n) is 12.2. The van der Waals surface area contributed by atoms with Crippen LogP contribution in [0, 0.1) is 22.7 Å². The number of anilines is 1. The highest BCUT2D eigenvalue weighted by Crippen LogP contribution is 2.20. The van der Waals surface area contributed by atoms with Crippen molar-refractivity contribution in [2.75, 3.05) is 18.0 Å². The van der Waals surface area contributed by atoms with E-state index in [1.807, 2.05) is 24.3 Å². The summed E-state index contributed by atoms with van der Waals surface area (Å²) in [5.74, 6) is 0. The lowest BCUT2D eigenvalue weighted by Gasteiger charge is -2.17. The smallest absolute Gasteiger partial charge is 0.0992 e. The summed E-state index contributed by atoms with van der Waals surface area (Å²) in [7, 11) is 0. The third kappa shape index (κ3) is 4.52. The van der Waals surface area contributed by atoms with Gasteiger partial charge in [0.15, 0.2) is 0 Å². The number of nitrogens with zero attached hydrogens (tertiary/aromatic N) is 3. The van der Waals surface area contributed by atoms with Crippen LogP contribution in [0.25, 0.3) is 0 Å². The number of hydrogen-bond acceptors (Lipinski definition) is 3. The predicted molar refractivity (Wildman–Crippen MR) is 88.8 cm³/mol. The molecule has 0 N–H and O–H groups in total. The maximum absolute atomic E-state index is 8.74. The Bertz CT molecular complexity index is 707. The molecule has 0 unspecified atom stereocenters. The van der Waals surface area contributed by atoms with Gasteiger partial charge >= 0.3 is 0 Å². The summed E-state index contributed by atoms with van der Waals surface area (Å²) >= 11 is 5.57. The topological polar surface area (TPSA) is 50.8 Å². The zero-order chi connectivity index (χ0) is 15.8. The molecular weight excluding hydrogens is 294 g/mol. The van der Waals surface area contributed by atoms with Crippen LogP contribution in [0.5, 0.6) is 0 Å². The molecule has 0 aromatic heterocycles. The third-order valence-electron chi connectivity index (χ3n) is 3.40. The molecule has 1 heterocycles. The van der Waals surface area contributed by atoms with Crippen LogP contribution < -0.4 is 4.90 Å². The van der Waals surface area contributed by atoms with E-state index in [4.69, 9.17) is 22.1 Å². The number of benzene rings is 2. The van der Waals surface area contributed by atoms with Crippen LogP contribution in [-0.4, -0.2) is 13.1 Å². The summed E-state index contributed by atoms with van der Waals surface area (Å²) in [6.07, 6.45) is 2.55. The van der Waals surface area contributed by atoms with Gasteiger partial charge < -0.3 is 4.90 Å². The quantitative estimate of drug-likeness (QED) is 0.786. The molecule has 3 nitrogen and oxygen atoms in total. The lowest BCUT2D eigenvalue weighted by atomic mass is 10.2. The van der Waals surface area contributed by atoms with Crippen molar-refractivity contribution in [3.63, 3.8) is 0 Å². The first kappa shape index (κ1) is 15.9. The molecule has 0 amide bonds. The number of halogens is 1. The van der Waals surface area contributed by atoms with E-state index in [0.717, 1.165) is 18.7 Å². The Balaban J connectivity index is 0.000000172. The van der Waals surface area contributed by atoms with Crippen LogP contribution in [0.3, 0.4) is 0 Å². The second kappa shape index (κ2) is 8.08. The normalized spacial score (nSPS) is 12.8. The summed E-state index contributed by atoms with van der Waals surface area (Å²) in [5.41, 5.74) is 2.54. The molecule has 110 valence electrons. The Labute approximate surface area is 136 Å². The first-order chi connectivity index (χ1) is 10.7. The summed E-state index contributed by atoms with van der Waals surface area (Å²) < 4.78 is 0. The van der Waals surface area contributed by atoms with Crippen LogP contribution in [0.4, 0.5) is 5.69 Å². The minimum atomic E-state index is 0.600. The average molecular weight is 310 g/mol. The van der Waals surface area contributed by atoms with Gasteiger partial charge in [0.25, 0.3) is 0 Å². The number of nitriles is 2. The van der Waals surface area contributed by atoms with Gasteiger partial charge in [-0.05, 0) is 49.2 Å². The van der Waals surface area contributed by atoms with E-state index in [9.17, 15) is 0 Å². The van der Waals surface area contributed by atoms with Gasteiger partial charge in [-0.25, -0.2) is 0 Å². The Morgan fingerprint density at radius 3 is 2.00 bits per heavy atom. The molecule has 4 heteroatoms. The van der Waals surface area contributed by atoms with Gasteiger partial charge in [-0.3, -0.25) is 0 Å². The Kier molecular flexibility index (Phi) is 5.83. The van der Waals surface area contributed by atoms with E-state index < -0.39 is 0 Å². The molecular formula is C18H16ClN3. The molecule has 0 radical (unpaired) electrons. The van der Waals surface area contributed by atoms with Gasteiger partial charge in [0.1, 0.15) is 0 Å². The van der Waals surface area contributed by atoms with Crippen LogP contribution in [0.2, 0.25) is 5.02 Å². The van der Waals surface area contributed by atoms with Gasteiger partial charge in [0, 0.05) is 23.8 Å². The van der Waals surface area contributed by atoms with Crippen molar-refractivity contribution in [3.8, 4) is 12.1 Å². The van der Waals surface area contributed by atoms with E-state index in [0.29, 0.717) is 10.6 Å². The van der Waals surface area contributed by atoms with Gasteiger partial charge in [-0.2, -0.15) is 10.5 Å². The summed E-state index contributed by atoms with van der Waals surface area (Å²) in [6.45, 7) is 2.27. The molecule has 3 rings (SSSR count). The first-order valence-electron chi connectivity index (χ1n) is 7.13. The van der Waals surface area contributed by atoms with Gasteiger partial charge in [0.2, 0.25) is 0 Å². The van der Waals surface area contributed by atoms with E-state index in [1.54, 1.807) is 24.3 Å². The van der Waals surface area contributed by atoms with Crippen molar-refractivity contribution >= 4 is 17.3 Å². The molecule has 22 heavy (non-hydrogen) atoms. The van der Waals surface area contributed by atoms with Crippen molar-refractivity contribution in [1.82, 2.24) is 0 Å². The third-order valence-corrected chi connectivity index (χ3v) is 3.64. The molecule has 2 aromatic rings. The van der Waals surface area contributed by atoms with Crippen molar-refractivity contribution in [3.05, 3.63) is 64.7 Å². The van der Waals surface area contributed by atoms with Crippen LogP contribution in [0.1, 0.15) is 24.0 Å². The molecule has 0 saturated carbocycles. The lowest BCUT2D eigenvalue weighted by Crippen LogP contribution is -2.17. The maximum atomic E-state index is 8.74. The molecule has 2 aromatic carbocycles. The van der Waals surface area contributed by atoms with Crippen molar-refractivity contribution in [1.29, 1.82) is 10.5 Å². The fraction of sp³-hybridized carbons (Fsp3) is 0.222. The van der Waals surface area contributed by atoms with Crippen LogP contribution in [-0.2, 0) is 0 Å². The fourth-order valence-corrected chi connectivity index (χ4v) is 2.50. The van der Waals surface area contributed by atoms with Crippen molar-refractivity contribution < 1.29 is 0 Å². The number of hydrogen-bond donors (Lipinski definition) is 0. The van der Waals surface area contributed by atoms with Crippen molar-refractivity contribution in [2.45, 2.75) is 12.8 Å². The first-order valence-corrected chi connectivity index (χ1v) is 7.51. The molecule has 1 aliphatic heterocycles. The fourth-order valence-electron chi connectivity index (χ4n) is 2.31. The highest BCUT2D eigenvalue weighted by molar-refractivity contribution is 6.30. The maximum Gasteiger partial charge on any atom is 0.0992 e. The van der Waals surface area contributed by atoms with E-state index in [-0.39, 0.29) is 0 Å². The zero-order valence-corrected chi connectivity index (χ0v) is 12.9. The predicted octanol–water partition coefficient (Wildman–Crippen LogP) is 4.37. The standard InChI is InChI=1S/C11H12N2.C7H4ClN/c12-9-10-4-3-5-11(8-10)13-6-1-2-7-13;8-7-3-1-2-6(4-7)5-9/h3-5,8H,1-2,6-7H2;1-4H. The van der Waals surface area contributed by atoms with Gasteiger partial charge in [0.05, 0.1) is 23.3 Å². The van der Waals surface area contributed by atoms with Gasteiger partial charge in [-0.1, -0.05) is 23.7 Å². The second-order valence-corrected chi connectivity index (χ2v) is 5.41. The summed E-state index contributed by atoms with van der Waals surface area (Å²) in [6, 6.07) is 18.8. The Morgan fingerprint density at radius 1 is 0.864 bits per heavy atom. The largest absolute Gasteiger partial charge is 0.371 e. The van der Waals surface area contributed by atoms with Crippen molar-refractivity contribution in [2.24, 2.45) is 0 Å². The van der Waals surface area contributed by atoms with E-state index in [1.165, 1.54) is 18.5 Å². The molecule has 0 atom stereocenters. The average Bonchev–Trinajstić information content (AvgIpc) is 3.10. The molecule has 0 bridgehead atoms. The SMILES string of the molecule is N#Cc1cccc(Cl)c1.N#Cc1cccc(N2CCCC2)c1. The summed E-state index contributed by atoms with van der Waals surface area (Å²) in [4.78, 5) is 2.33. The molecule has 1 saturated heterocycles. The molecule has 1 aliphatic rings. The van der Waals surface area contributed by atoms with Crippen LogP contribution >= 0.6 is 11.6 Å². The Hall–Kier alpha value is -2.49. The summed E-state index contributed by atoms with van der Waals surface area (Å²) in [5, 5.41) is 17.7. The minimum absolute atomic E-state index is 0.600. The second-order valence-electron chi connectivity index (χ2n) is 4.98. The molecule has 0 spiro atoms. The minimum Gasteiger partial charge on any atom is -0.371 e. The molecule has 1 fully saturated rings. The van der Waals surface area contributed by atoms with Gasteiger partial charge in [-0.15, -0.1) is 0 Å². The van der Waals surface area contributed by atoms with E-state index >= 15 is 0 Å². The highest BCUT2D eigenvalue weighted by atomic mass is 35.5. The Morgan fingerprint density at radius 2 is 1.45 bits per heavy atom. The van der Waals surface area contributed by atoms with Crippen LogP contribution in [0.15, 0.2) is 48.5 Å². The monoisotopic (exact) mass is 309 g/mol. The highest BCUT2D eigenvalue weighted by Gasteiger charge is 2.11.